The van der Waals surface area contributed by atoms with Gasteiger partial charge in [-0.15, -0.1) is 0 Å². The van der Waals surface area contributed by atoms with Crippen LogP contribution >= 0.6 is 11.6 Å². The highest BCUT2D eigenvalue weighted by Gasteiger charge is 2.06. The maximum atomic E-state index is 13.2. The van der Waals surface area contributed by atoms with Gasteiger partial charge in [-0.25, -0.2) is 4.39 Å². The van der Waals surface area contributed by atoms with Gasteiger partial charge in [0.15, 0.2) is 0 Å². The Labute approximate surface area is 117 Å². The molecule has 0 saturated carbocycles. The Morgan fingerprint density at radius 3 is 2.63 bits per heavy atom. The molecule has 1 aromatic heterocycles. The summed E-state index contributed by atoms with van der Waals surface area (Å²) in [7, 11) is 1.99. The molecule has 0 radical (unpaired) electrons. The molecule has 0 aliphatic carbocycles. The van der Waals surface area contributed by atoms with Crippen LogP contribution in [0, 0.1) is 5.82 Å². The highest BCUT2D eigenvalue weighted by Crippen LogP contribution is 2.16. The summed E-state index contributed by atoms with van der Waals surface area (Å²) in [5.74, 6) is -0.297. The van der Waals surface area contributed by atoms with Gasteiger partial charge in [0.05, 0.1) is 6.20 Å². The van der Waals surface area contributed by atoms with E-state index in [2.05, 4.69) is 16.9 Å². The van der Waals surface area contributed by atoms with Crippen molar-refractivity contribution < 1.29 is 4.39 Å². The van der Waals surface area contributed by atoms with Crippen molar-refractivity contribution in [3.8, 4) is 0 Å². The zero-order valence-electron chi connectivity index (χ0n) is 11.1. The maximum Gasteiger partial charge on any atom is 0.125 e. The lowest BCUT2D eigenvalue weighted by molar-refractivity contribution is 0.318. The summed E-state index contributed by atoms with van der Waals surface area (Å²) >= 11 is 5.84. The van der Waals surface area contributed by atoms with Gasteiger partial charge in [-0.3, -0.25) is 9.58 Å². The fourth-order valence-electron chi connectivity index (χ4n) is 2.04. The van der Waals surface area contributed by atoms with Crippen LogP contribution in [0.25, 0.3) is 0 Å². The van der Waals surface area contributed by atoms with Crippen molar-refractivity contribution in [3.05, 3.63) is 52.6 Å². The topological polar surface area (TPSA) is 21.1 Å². The van der Waals surface area contributed by atoms with E-state index in [1.165, 1.54) is 12.1 Å². The highest BCUT2D eigenvalue weighted by atomic mass is 35.5. The van der Waals surface area contributed by atoms with Gasteiger partial charge in [-0.05, 0) is 37.7 Å². The van der Waals surface area contributed by atoms with Gasteiger partial charge in [0.25, 0.3) is 0 Å². The first kappa shape index (κ1) is 14.0. The third kappa shape index (κ3) is 4.04. The molecule has 19 heavy (non-hydrogen) atoms. The summed E-state index contributed by atoms with van der Waals surface area (Å²) in [5, 5.41) is 4.66. The van der Waals surface area contributed by atoms with Crippen molar-refractivity contribution in [3.63, 3.8) is 0 Å². The third-order valence-corrected chi connectivity index (χ3v) is 3.06. The molecule has 0 bridgehead atoms. The molecular formula is C14H17ClFN3. The Hall–Kier alpha value is -1.39. The Morgan fingerprint density at radius 1 is 1.26 bits per heavy atom. The first-order chi connectivity index (χ1) is 9.06. The van der Waals surface area contributed by atoms with E-state index in [1.807, 2.05) is 24.1 Å². The van der Waals surface area contributed by atoms with Crippen LogP contribution < -0.4 is 0 Å². The predicted molar refractivity (Wildman–Crippen MR) is 74.5 cm³/mol. The molecule has 0 atom stereocenters. The predicted octanol–water partition coefficient (Wildman–Crippen LogP) is 3.33. The van der Waals surface area contributed by atoms with Crippen LogP contribution in [-0.4, -0.2) is 21.7 Å². The fraction of sp³-hybridized carbons (Fsp3) is 0.357. The van der Waals surface area contributed by atoms with E-state index in [-0.39, 0.29) is 5.82 Å². The first-order valence-corrected chi connectivity index (χ1v) is 6.59. The van der Waals surface area contributed by atoms with Gasteiger partial charge < -0.3 is 0 Å². The molecule has 0 saturated heterocycles. The summed E-state index contributed by atoms with van der Waals surface area (Å²) in [6.07, 6.45) is 3.88. The van der Waals surface area contributed by atoms with Gasteiger partial charge in [-0.2, -0.15) is 5.10 Å². The number of halogens is 2. The molecule has 0 unspecified atom stereocenters. The molecule has 2 rings (SSSR count). The Kier molecular flexibility index (Phi) is 4.56. The molecule has 0 spiro atoms. The van der Waals surface area contributed by atoms with Gasteiger partial charge in [-0.1, -0.05) is 11.6 Å². The molecule has 0 fully saturated rings. The molecule has 0 aliphatic rings. The molecule has 3 nitrogen and oxygen atoms in total. The minimum atomic E-state index is -0.297. The molecule has 2 aromatic rings. The quantitative estimate of drug-likeness (QED) is 0.838. The van der Waals surface area contributed by atoms with Crippen molar-refractivity contribution in [1.82, 2.24) is 14.7 Å². The first-order valence-electron chi connectivity index (χ1n) is 6.21. The molecule has 0 N–H and O–H groups in total. The number of aromatic nitrogens is 2. The van der Waals surface area contributed by atoms with Crippen LogP contribution in [0.2, 0.25) is 5.02 Å². The van der Waals surface area contributed by atoms with Gasteiger partial charge in [0.2, 0.25) is 0 Å². The average Bonchev–Trinajstić information content (AvgIpc) is 2.74. The Balaban J connectivity index is 1.98. The minimum absolute atomic E-state index is 0.297. The standard InChI is InChI=1S/C14H17ClFN3/c1-3-19-10-12(7-17-19)9-18(2)8-11-4-13(15)6-14(16)5-11/h4-7,10H,3,8-9H2,1-2H3. The zero-order chi connectivity index (χ0) is 13.8. The minimum Gasteiger partial charge on any atom is -0.298 e. The summed E-state index contributed by atoms with van der Waals surface area (Å²) in [6.45, 7) is 4.33. The smallest absolute Gasteiger partial charge is 0.125 e. The number of nitrogens with zero attached hydrogens (tertiary/aromatic N) is 3. The van der Waals surface area contributed by atoms with E-state index in [4.69, 9.17) is 11.6 Å². The SMILES string of the molecule is CCn1cc(CN(C)Cc2cc(F)cc(Cl)c2)cn1. The van der Waals surface area contributed by atoms with Crippen molar-refractivity contribution in [2.24, 2.45) is 0 Å². The van der Waals surface area contributed by atoms with E-state index in [0.717, 1.165) is 24.2 Å². The van der Waals surface area contributed by atoms with E-state index in [1.54, 1.807) is 6.07 Å². The molecule has 5 heteroatoms. The lowest BCUT2D eigenvalue weighted by Crippen LogP contribution is -2.17. The summed E-state index contributed by atoms with van der Waals surface area (Å²) in [6, 6.07) is 4.62. The van der Waals surface area contributed by atoms with E-state index in [0.29, 0.717) is 11.6 Å². The number of benzene rings is 1. The fourth-order valence-corrected chi connectivity index (χ4v) is 2.29. The summed E-state index contributed by atoms with van der Waals surface area (Å²) in [4.78, 5) is 2.10. The van der Waals surface area contributed by atoms with Crippen LogP contribution in [0.15, 0.2) is 30.6 Å². The van der Waals surface area contributed by atoms with E-state index >= 15 is 0 Å². The third-order valence-electron chi connectivity index (χ3n) is 2.84. The molecular weight excluding hydrogens is 265 g/mol. The Bertz CT molecular complexity index is 533. The second-order valence-corrected chi connectivity index (χ2v) is 5.09. The van der Waals surface area contributed by atoms with Crippen LogP contribution in [0.5, 0.6) is 0 Å². The van der Waals surface area contributed by atoms with Gasteiger partial charge in [0.1, 0.15) is 5.82 Å². The van der Waals surface area contributed by atoms with Crippen LogP contribution in [-0.2, 0) is 19.6 Å². The average molecular weight is 282 g/mol. The monoisotopic (exact) mass is 281 g/mol. The summed E-state index contributed by atoms with van der Waals surface area (Å²) < 4.78 is 15.1. The van der Waals surface area contributed by atoms with Crippen LogP contribution in [0.3, 0.4) is 0 Å². The molecule has 0 aliphatic heterocycles. The van der Waals surface area contributed by atoms with Crippen molar-refractivity contribution >= 4 is 11.6 Å². The molecule has 1 aromatic carbocycles. The normalized spacial score (nSPS) is 11.2. The van der Waals surface area contributed by atoms with E-state index < -0.39 is 0 Å². The molecule has 0 amide bonds. The molecule has 1 heterocycles. The van der Waals surface area contributed by atoms with Crippen molar-refractivity contribution in [2.45, 2.75) is 26.6 Å². The largest absolute Gasteiger partial charge is 0.298 e. The maximum absolute atomic E-state index is 13.2. The molecule has 102 valence electrons. The number of aryl methyl sites for hydroxylation is 1. The number of hydrogen-bond donors (Lipinski definition) is 0. The van der Waals surface area contributed by atoms with Crippen molar-refractivity contribution in [2.75, 3.05) is 7.05 Å². The van der Waals surface area contributed by atoms with E-state index in [9.17, 15) is 4.39 Å². The lowest BCUT2D eigenvalue weighted by Gasteiger charge is -2.15. The number of hydrogen-bond acceptors (Lipinski definition) is 2. The second-order valence-electron chi connectivity index (χ2n) is 4.65. The van der Waals surface area contributed by atoms with Crippen LogP contribution in [0.4, 0.5) is 4.39 Å². The summed E-state index contributed by atoms with van der Waals surface area (Å²) in [5.41, 5.74) is 2.02. The lowest BCUT2D eigenvalue weighted by atomic mass is 10.2. The van der Waals surface area contributed by atoms with Gasteiger partial charge >= 0.3 is 0 Å². The number of rotatable bonds is 5. The zero-order valence-corrected chi connectivity index (χ0v) is 11.9. The Morgan fingerprint density at radius 2 is 2.00 bits per heavy atom. The second kappa shape index (κ2) is 6.17. The van der Waals surface area contributed by atoms with Crippen molar-refractivity contribution in [1.29, 1.82) is 0 Å². The van der Waals surface area contributed by atoms with Crippen LogP contribution in [0.1, 0.15) is 18.1 Å². The van der Waals surface area contributed by atoms with Gasteiger partial charge in [0, 0.05) is 36.4 Å². The highest BCUT2D eigenvalue weighted by molar-refractivity contribution is 6.30.